The van der Waals surface area contributed by atoms with Crippen molar-refractivity contribution in [2.75, 3.05) is 11.9 Å². The van der Waals surface area contributed by atoms with E-state index in [1.807, 2.05) is 0 Å². The molecule has 1 aromatic rings. The summed E-state index contributed by atoms with van der Waals surface area (Å²) >= 11 is 0. The number of nitrogens with one attached hydrogen (secondary N) is 1. The maximum atomic E-state index is 11.5. The molecular formula is C9H13N3O3. The van der Waals surface area contributed by atoms with E-state index in [9.17, 15) is 9.59 Å². The lowest BCUT2D eigenvalue weighted by atomic mass is 10.2. The average Bonchev–Trinajstić information content (AvgIpc) is 2.68. The van der Waals surface area contributed by atoms with Crippen molar-refractivity contribution in [1.29, 1.82) is 0 Å². The van der Waals surface area contributed by atoms with Crippen molar-refractivity contribution in [3.05, 3.63) is 12.3 Å². The summed E-state index contributed by atoms with van der Waals surface area (Å²) in [5.74, 6) is -0.400. The van der Waals surface area contributed by atoms with Gasteiger partial charge < -0.3 is 10.0 Å². The van der Waals surface area contributed by atoms with Crippen molar-refractivity contribution in [3.63, 3.8) is 0 Å². The molecule has 0 aromatic carbocycles. The maximum Gasteiger partial charge on any atom is 0.303 e. The van der Waals surface area contributed by atoms with Gasteiger partial charge in [-0.25, -0.2) is 0 Å². The summed E-state index contributed by atoms with van der Waals surface area (Å²) in [6.45, 7) is 0. The molecule has 82 valence electrons. The molecule has 1 aromatic heterocycles. The van der Waals surface area contributed by atoms with Crippen LogP contribution in [0, 0.1) is 0 Å². The lowest BCUT2D eigenvalue weighted by molar-refractivity contribution is -0.137. The largest absolute Gasteiger partial charge is 0.481 e. The molecule has 0 spiro atoms. The van der Waals surface area contributed by atoms with Gasteiger partial charge in [-0.15, -0.1) is 0 Å². The van der Waals surface area contributed by atoms with Crippen molar-refractivity contribution in [3.8, 4) is 0 Å². The number of carbonyl (C=O) groups is 2. The van der Waals surface area contributed by atoms with E-state index in [0.717, 1.165) is 0 Å². The second-order valence-corrected chi connectivity index (χ2v) is 3.14. The Morgan fingerprint density at radius 3 is 2.80 bits per heavy atom. The van der Waals surface area contributed by atoms with Gasteiger partial charge in [-0.1, -0.05) is 0 Å². The van der Waals surface area contributed by atoms with Crippen molar-refractivity contribution in [2.45, 2.75) is 19.3 Å². The predicted octanol–water partition coefficient (Wildman–Crippen LogP) is 0.627. The highest BCUT2D eigenvalue weighted by molar-refractivity contribution is 5.91. The first kappa shape index (κ1) is 11.2. The number of anilines is 1. The van der Waals surface area contributed by atoms with E-state index < -0.39 is 5.97 Å². The van der Waals surface area contributed by atoms with E-state index in [1.165, 1.54) is 4.90 Å². The summed E-state index contributed by atoms with van der Waals surface area (Å²) in [5.41, 5.74) is 0. The zero-order valence-electron chi connectivity index (χ0n) is 8.43. The molecule has 6 heteroatoms. The Hall–Kier alpha value is -1.85. The van der Waals surface area contributed by atoms with Gasteiger partial charge in [0.05, 0.1) is 6.20 Å². The fourth-order valence-electron chi connectivity index (χ4n) is 1.13. The maximum absolute atomic E-state index is 11.5. The van der Waals surface area contributed by atoms with E-state index in [1.54, 1.807) is 19.3 Å². The first-order valence-corrected chi connectivity index (χ1v) is 4.59. The summed E-state index contributed by atoms with van der Waals surface area (Å²) in [6.07, 6.45) is 2.15. The monoisotopic (exact) mass is 211 g/mol. The number of aliphatic carboxylic acids is 1. The second kappa shape index (κ2) is 5.14. The molecule has 0 aliphatic rings. The van der Waals surface area contributed by atoms with Gasteiger partial charge in [0.1, 0.15) is 5.82 Å². The van der Waals surface area contributed by atoms with Crippen LogP contribution in [-0.2, 0) is 9.59 Å². The lowest BCUT2D eigenvalue weighted by Gasteiger charge is -2.13. The molecule has 0 atom stereocenters. The fourth-order valence-corrected chi connectivity index (χ4v) is 1.13. The minimum Gasteiger partial charge on any atom is -0.481 e. The molecule has 0 bridgehead atoms. The van der Waals surface area contributed by atoms with E-state index in [-0.39, 0.29) is 18.7 Å². The van der Waals surface area contributed by atoms with E-state index in [4.69, 9.17) is 5.11 Å². The van der Waals surface area contributed by atoms with Crippen LogP contribution in [0.15, 0.2) is 12.3 Å². The van der Waals surface area contributed by atoms with Crippen LogP contribution < -0.4 is 4.90 Å². The van der Waals surface area contributed by atoms with Crippen molar-refractivity contribution in [2.24, 2.45) is 0 Å². The third-order valence-corrected chi connectivity index (χ3v) is 2.00. The number of H-pyrrole nitrogens is 1. The van der Waals surface area contributed by atoms with Crippen LogP contribution in [0.5, 0.6) is 0 Å². The molecule has 0 unspecified atom stereocenters. The Kier molecular flexibility index (Phi) is 3.84. The Morgan fingerprint density at radius 2 is 2.27 bits per heavy atom. The number of nitrogens with zero attached hydrogens (tertiary/aromatic N) is 2. The molecule has 6 nitrogen and oxygen atoms in total. The molecule has 1 amide bonds. The molecule has 1 rings (SSSR count). The molecule has 1 heterocycles. The summed E-state index contributed by atoms with van der Waals surface area (Å²) in [4.78, 5) is 23.2. The summed E-state index contributed by atoms with van der Waals surface area (Å²) in [6, 6.07) is 1.68. The number of carboxylic acids is 1. The summed E-state index contributed by atoms with van der Waals surface area (Å²) in [5, 5.41) is 14.8. The van der Waals surface area contributed by atoms with E-state index in [0.29, 0.717) is 12.2 Å². The minimum atomic E-state index is -0.882. The van der Waals surface area contributed by atoms with Crippen molar-refractivity contribution < 1.29 is 14.7 Å². The number of hydrogen-bond acceptors (Lipinski definition) is 3. The normalized spacial score (nSPS) is 9.93. The molecule has 0 fully saturated rings. The predicted molar refractivity (Wildman–Crippen MR) is 53.5 cm³/mol. The highest BCUT2D eigenvalue weighted by Crippen LogP contribution is 2.09. The molecular weight excluding hydrogens is 198 g/mol. The molecule has 15 heavy (non-hydrogen) atoms. The zero-order chi connectivity index (χ0) is 11.3. The molecule has 0 aliphatic heterocycles. The Balaban J connectivity index is 2.37. The van der Waals surface area contributed by atoms with Gasteiger partial charge in [0.2, 0.25) is 5.91 Å². The van der Waals surface area contributed by atoms with Crippen LogP contribution in [0.1, 0.15) is 19.3 Å². The first-order valence-electron chi connectivity index (χ1n) is 4.59. The fraction of sp³-hybridized carbons (Fsp3) is 0.444. The molecule has 0 saturated heterocycles. The van der Waals surface area contributed by atoms with Gasteiger partial charge in [-0.2, -0.15) is 5.10 Å². The van der Waals surface area contributed by atoms with Crippen LogP contribution in [0.25, 0.3) is 0 Å². The third kappa shape index (κ3) is 3.41. The van der Waals surface area contributed by atoms with Crippen LogP contribution in [-0.4, -0.2) is 34.2 Å². The third-order valence-electron chi connectivity index (χ3n) is 2.00. The van der Waals surface area contributed by atoms with Crippen LogP contribution in [0.2, 0.25) is 0 Å². The highest BCUT2D eigenvalue weighted by atomic mass is 16.4. The quantitative estimate of drug-likeness (QED) is 0.747. The Morgan fingerprint density at radius 1 is 1.53 bits per heavy atom. The number of aromatic nitrogens is 2. The van der Waals surface area contributed by atoms with Crippen LogP contribution in [0.3, 0.4) is 0 Å². The van der Waals surface area contributed by atoms with Gasteiger partial charge >= 0.3 is 5.97 Å². The first-order chi connectivity index (χ1) is 7.11. The number of rotatable bonds is 5. The van der Waals surface area contributed by atoms with Gasteiger partial charge in [0, 0.05) is 26.0 Å². The van der Waals surface area contributed by atoms with Gasteiger partial charge in [-0.05, 0) is 6.42 Å². The van der Waals surface area contributed by atoms with Crippen LogP contribution in [0.4, 0.5) is 5.82 Å². The highest BCUT2D eigenvalue weighted by Gasteiger charge is 2.11. The van der Waals surface area contributed by atoms with Gasteiger partial charge in [-0.3, -0.25) is 14.7 Å². The minimum absolute atomic E-state index is 0.0164. The van der Waals surface area contributed by atoms with Gasteiger partial charge in [0.15, 0.2) is 0 Å². The Labute approximate surface area is 86.9 Å². The molecule has 0 radical (unpaired) electrons. The average molecular weight is 211 g/mol. The number of carboxylic acid groups (broad SMARTS) is 1. The van der Waals surface area contributed by atoms with Crippen molar-refractivity contribution in [1.82, 2.24) is 10.2 Å². The second-order valence-electron chi connectivity index (χ2n) is 3.14. The number of aromatic amines is 1. The summed E-state index contributed by atoms with van der Waals surface area (Å²) in [7, 11) is 1.62. The van der Waals surface area contributed by atoms with E-state index in [2.05, 4.69) is 10.2 Å². The van der Waals surface area contributed by atoms with Crippen LogP contribution >= 0.6 is 0 Å². The standard InChI is InChI=1S/C9H13N3O3/c1-12(7-5-6-10-11-7)8(13)3-2-4-9(14)15/h5-6H,2-4H2,1H3,(H,10,11)(H,14,15). The van der Waals surface area contributed by atoms with Gasteiger partial charge in [0.25, 0.3) is 0 Å². The number of hydrogen-bond donors (Lipinski definition) is 2. The lowest BCUT2D eigenvalue weighted by Crippen LogP contribution is -2.26. The molecule has 0 saturated carbocycles. The summed E-state index contributed by atoms with van der Waals surface area (Å²) < 4.78 is 0. The number of carbonyl (C=O) groups excluding carboxylic acids is 1. The SMILES string of the molecule is CN(C(=O)CCCC(=O)O)c1ccn[nH]1. The topological polar surface area (TPSA) is 86.3 Å². The smallest absolute Gasteiger partial charge is 0.303 e. The molecule has 0 aliphatic carbocycles. The van der Waals surface area contributed by atoms with E-state index >= 15 is 0 Å². The zero-order valence-corrected chi connectivity index (χ0v) is 8.43. The molecule has 2 N–H and O–H groups in total. The van der Waals surface area contributed by atoms with Crippen molar-refractivity contribution >= 4 is 17.7 Å². The Bertz CT molecular complexity index is 334. The number of amides is 1.